The van der Waals surface area contributed by atoms with Crippen molar-refractivity contribution in [1.29, 1.82) is 0 Å². The van der Waals surface area contributed by atoms with E-state index in [4.69, 9.17) is 4.74 Å². The number of hydrogen-bond acceptors (Lipinski definition) is 7. The average Bonchev–Trinajstić information content (AvgIpc) is 2.88. The maximum absolute atomic E-state index is 5.13. The number of anilines is 1. The molecule has 0 unspecified atom stereocenters. The molecular formula is C14H15N5OS. The monoisotopic (exact) mass is 301 g/mol. The van der Waals surface area contributed by atoms with Crippen molar-refractivity contribution in [2.24, 2.45) is 0 Å². The standard InChI is InChI=1S/C14H15N5OS/c1-4-15-12-9-5-8(2)21-14(9)19-13(18-12)10-6-11(20-3)17-7-16-10/h5-7H,4H2,1-3H3,(H,15,18,19). The molecule has 7 heteroatoms. The van der Waals surface area contributed by atoms with E-state index in [-0.39, 0.29) is 0 Å². The van der Waals surface area contributed by atoms with E-state index < -0.39 is 0 Å². The third-order valence-corrected chi connectivity index (χ3v) is 3.88. The molecule has 3 heterocycles. The molecule has 0 saturated heterocycles. The Morgan fingerprint density at radius 1 is 1.24 bits per heavy atom. The van der Waals surface area contributed by atoms with Gasteiger partial charge in [0.25, 0.3) is 0 Å². The first-order chi connectivity index (χ1) is 10.2. The van der Waals surface area contributed by atoms with Crippen molar-refractivity contribution in [3.63, 3.8) is 0 Å². The van der Waals surface area contributed by atoms with Crippen molar-refractivity contribution in [3.05, 3.63) is 23.3 Å². The highest BCUT2D eigenvalue weighted by Crippen LogP contribution is 2.30. The molecule has 0 fully saturated rings. The number of thiophene rings is 1. The molecule has 21 heavy (non-hydrogen) atoms. The molecule has 0 saturated carbocycles. The molecule has 0 aromatic carbocycles. The predicted octanol–water partition coefficient (Wildman–Crippen LogP) is 2.90. The van der Waals surface area contributed by atoms with E-state index in [2.05, 4.69) is 38.2 Å². The second-order valence-electron chi connectivity index (χ2n) is 4.45. The lowest BCUT2D eigenvalue weighted by Gasteiger charge is -2.07. The number of hydrogen-bond donors (Lipinski definition) is 1. The molecule has 1 N–H and O–H groups in total. The van der Waals surface area contributed by atoms with E-state index in [1.807, 2.05) is 6.92 Å². The highest BCUT2D eigenvalue weighted by molar-refractivity contribution is 7.18. The van der Waals surface area contributed by atoms with Crippen LogP contribution in [0.1, 0.15) is 11.8 Å². The number of aromatic nitrogens is 4. The summed E-state index contributed by atoms with van der Waals surface area (Å²) in [6.45, 7) is 4.91. The van der Waals surface area contributed by atoms with Crippen molar-refractivity contribution in [2.45, 2.75) is 13.8 Å². The van der Waals surface area contributed by atoms with Gasteiger partial charge in [0.15, 0.2) is 5.82 Å². The van der Waals surface area contributed by atoms with Gasteiger partial charge in [-0.15, -0.1) is 11.3 Å². The minimum Gasteiger partial charge on any atom is -0.481 e. The van der Waals surface area contributed by atoms with E-state index in [1.165, 1.54) is 11.2 Å². The number of nitrogens with one attached hydrogen (secondary N) is 1. The maximum atomic E-state index is 5.13. The minimum absolute atomic E-state index is 0.496. The van der Waals surface area contributed by atoms with Gasteiger partial charge in [-0.1, -0.05) is 0 Å². The van der Waals surface area contributed by atoms with Crippen LogP contribution < -0.4 is 10.1 Å². The molecule has 0 radical (unpaired) electrons. The van der Waals surface area contributed by atoms with Gasteiger partial charge in [-0.05, 0) is 19.9 Å². The molecule has 3 aromatic heterocycles. The lowest BCUT2D eigenvalue weighted by atomic mass is 10.3. The fourth-order valence-electron chi connectivity index (χ4n) is 2.03. The fraction of sp³-hybridized carbons (Fsp3) is 0.286. The molecule has 0 spiro atoms. The van der Waals surface area contributed by atoms with E-state index in [9.17, 15) is 0 Å². The Morgan fingerprint density at radius 2 is 2.10 bits per heavy atom. The summed E-state index contributed by atoms with van der Waals surface area (Å²) < 4.78 is 5.13. The molecule has 0 aliphatic rings. The van der Waals surface area contributed by atoms with Gasteiger partial charge in [0.2, 0.25) is 5.88 Å². The topological polar surface area (TPSA) is 72.8 Å². The molecule has 108 valence electrons. The lowest BCUT2D eigenvalue weighted by molar-refractivity contribution is 0.397. The van der Waals surface area contributed by atoms with Gasteiger partial charge in [0.1, 0.15) is 22.7 Å². The summed E-state index contributed by atoms with van der Waals surface area (Å²) in [4.78, 5) is 19.6. The number of aryl methyl sites for hydroxylation is 1. The number of methoxy groups -OCH3 is 1. The number of fused-ring (bicyclic) bond motifs is 1. The lowest BCUT2D eigenvalue weighted by Crippen LogP contribution is -2.02. The van der Waals surface area contributed by atoms with Crippen LogP contribution in [0.4, 0.5) is 5.82 Å². The van der Waals surface area contributed by atoms with Gasteiger partial charge < -0.3 is 10.1 Å². The summed E-state index contributed by atoms with van der Waals surface area (Å²) >= 11 is 1.65. The normalized spacial score (nSPS) is 10.8. The Hall–Kier alpha value is -2.28. The fourth-order valence-corrected chi connectivity index (χ4v) is 2.91. The van der Waals surface area contributed by atoms with Crippen molar-refractivity contribution in [2.75, 3.05) is 19.0 Å². The smallest absolute Gasteiger partial charge is 0.216 e. The van der Waals surface area contributed by atoms with Crippen molar-refractivity contribution < 1.29 is 4.74 Å². The van der Waals surface area contributed by atoms with Crippen LogP contribution in [-0.2, 0) is 0 Å². The van der Waals surface area contributed by atoms with Gasteiger partial charge in [-0.3, -0.25) is 0 Å². The quantitative estimate of drug-likeness (QED) is 0.799. The van der Waals surface area contributed by atoms with Crippen molar-refractivity contribution in [3.8, 4) is 17.4 Å². The van der Waals surface area contributed by atoms with Crippen molar-refractivity contribution >= 4 is 27.4 Å². The third kappa shape index (κ3) is 2.64. The summed E-state index contributed by atoms with van der Waals surface area (Å²) in [5, 5.41) is 4.33. The van der Waals surface area contributed by atoms with Gasteiger partial charge >= 0.3 is 0 Å². The zero-order valence-corrected chi connectivity index (χ0v) is 12.9. The summed E-state index contributed by atoms with van der Waals surface area (Å²) in [7, 11) is 1.57. The molecule has 3 rings (SSSR count). The van der Waals surface area contributed by atoms with Crippen molar-refractivity contribution in [1.82, 2.24) is 19.9 Å². The van der Waals surface area contributed by atoms with E-state index in [0.717, 1.165) is 22.6 Å². The van der Waals surface area contributed by atoms with E-state index in [0.29, 0.717) is 17.4 Å². The van der Waals surface area contributed by atoms with E-state index in [1.54, 1.807) is 24.5 Å². The molecule has 6 nitrogen and oxygen atoms in total. The van der Waals surface area contributed by atoms with Crippen LogP contribution in [-0.4, -0.2) is 33.6 Å². The molecule has 0 atom stereocenters. The largest absolute Gasteiger partial charge is 0.481 e. The third-order valence-electron chi connectivity index (χ3n) is 2.94. The first-order valence-corrected chi connectivity index (χ1v) is 7.41. The Morgan fingerprint density at radius 3 is 2.86 bits per heavy atom. The summed E-state index contributed by atoms with van der Waals surface area (Å²) in [5.41, 5.74) is 0.647. The summed E-state index contributed by atoms with van der Waals surface area (Å²) in [6.07, 6.45) is 1.45. The molecule has 0 bridgehead atoms. The van der Waals surface area contributed by atoms with Crippen LogP contribution in [0.15, 0.2) is 18.5 Å². The van der Waals surface area contributed by atoms with Crippen LogP contribution in [0.25, 0.3) is 21.7 Å². The van der Waals surface area contributed by atoms with Gasteiger partial charge in [0, 0.05) is 17.5 Å². The van der Waals surface area contributed by atoms with Crippen LogP contribution in [0.2, 0.25) is 0 Å². The number of nitrogens with zero attached hydrogens (tertiary/aromatic N) is 4. The highest BCUT2D eigenvalue weighted by atomic mass is 32.1. The number of ether oxygens (including phenoxy) is 1. The minimum atomic E-state index is 0.496. The van der Waals surface area contributed by atoms with Gasteiger partial charge in [-0.25, -0.2) is 19.9 Å². The molecule has 0 amide bonds. The highest BCUT2D eigenvalue weighted by Gasteiger charge is 2.13. The Balaban J connectivity index is 2.17. The summed E-state index contributed by atoms with van der Waals surface area (Å²) in [6, 6.07) is 3.83. The van der Waals surface area contributed by atoms with Gasteiger partial charge in [0.05, 0.1) is 12.5 Å². The predicted molar refractivity (Wildman–Crippen MR) is 83.9 cm³/mol. The van der Waals surface area contributed by atoms with Crippen LogP contribution >= 0.6 is 11.3 Å². The average molecular weight is 301 g/mol. The molecule has 0 aliphatic heterocycles. The zero-order chi connectivity index (χ0) is 14.8. The van der Waals surface area contributed by atoms with Crippen LogP contribution in [0.3, 0.4) is 0 Å². The second-order valence-corrected chi connectivity index (χ2v) is 5.68. The molecule has 0 aliphatic carbocycles. The Bertz CT molecular complexity index is 786. The van der Waals surface area contributed by atoms with Gasteiger partial charge in [-0.2, -0.15) is 0 Å². The zero-order valence-electron chi connectivity index (χ0n) is 12.0. The summed E-state index contributed by atoms with van der Waals surface area (Å²) in [5.74, 6) is 1.90. The second kappa shape index (κ2) is 5.61. The number of rotatable bonds is 4. The maximum Gasteiger partial charge on any atom is 0.216 e. The SMILES string of the molecule is CCNc1nc(-c2cc(OC)ncn2)nc2sc(C)cc12. The van der Waals surface area contributed by atoms with E-state index >= 15 is 0 Å². The molecular weight excluding hydrogens is 286 g/mol. The van der Waals surface area contributed by atoms with Crippen LogP contribution in [0.5, 0.6) is 5.88 Å². The first kappa shape index (κ1) is 13.7. The molecule has 3 aromatic rings. The Kier molecular flexibility index (Phi) is 3.66. The first-order valence-electron chi connectivity index (χ1n) is 6.59. The Labute approximate surface area is 126 Å². The van der Waals surface area contributed by atoms with Crippen LogP contribution in [0, 0.1) is 6.92 Å².